The Morgan fingerprint density at radius 1 is 1.14 bits per heavy atom. The summed E-state index contributed by atoms with van der Waals surface area (Å²) in [6, 6.07) is -1.27. The number of nitrogens with zero attached hydrogens (tertiary/aromatic N) is 7. The van der Waals surface area contributed by atoms with Gasteiger partial charge in [-0.25, -0.2) is 34.6 Å². The molecule has 0 spiro atoms. The summed E-state index contributed by atoms with van der Waals surface area (Å²) in [6.45, 7) is 3.41. The van der Waals surface area contributed by atoms with Crippen LogP contribution in [0.2, 0.25) is 5.02 Å². The van der Waals surface area contributed by atoms with Crippen molar-refractivity contribution in [2.24, 2.45) is 15.4 Å². The number of thiazole rings is 1. The van der Waals surface area contributed by atoms with Gasteiger partial charge in [-0.15, -0.1) is 11.3 Å². The Balaban J connectivity index is 1.15. The molecule has 4 atom stereocenters. The number of carboxylic acid groups (broad SMARTS) is 2. The number of benzene rings is 1. The molecule has 4 heterocycles. The summed E-state index contributed by atoms with van der Waals surface area (Å²) in [6.07, 6.45) is 2.11. The van der Waals surface area contributed by atoms with Gasteiger partial charge in [0.15, 0.2) is 22.3 Å². The number of aromatic nitrogens is 1. The number of amides is 7. The van der Waals surface area contributed by atoms with Crippen molar-refractivity contribution in [3.8, 4) is 11.5 Å². The van der Waals surface area contributed by atoms with Crippen molar-refractivity contribution < 1.29 is 58.8 Å². The van der Waals surface area contributed by atoms with Gasteiger partial charge >= 0.3 is 24.0 Å². The minimum absolute atomic E-state index is 0.0393. The molecule has 27 heteroatoms. The van der Waals surface area contributed by atoms with Crippen molar-refractivity contribution in [1.82, 2.24) is 41.2 Å². The highest BCUT2D eigenvalue weighted by atomic mass is 35.5. The number of aromatic hydroxyl groups is 2. The van der Waals surface area contributed by atoms with Crippen molar-refractivity contribution in [2.45, 2.75) is 48.7 Å². The minimum atomic E-state index is -1.99. The molecule has 10 N–H and O–H groups in total. The summed E-state index contributed by atoms with van der Waals surface area (Å²) in [5.41, 5.74) is 5.35. The molecule has 0 radical (unpaired) electrons. The van der Waals surface area contributed by atoms with Crippen LogP contribution in [0.15, 0.2) is 32.9 Å². The van der Waals surface area contributed by atoms with Crippen molar-refractivity contribution in [2.75, 3.05) is 31.9 Å². The van der Waals surface area contributed by atoms with Crippen LogP contribution in [-0.2, 0) is 24.0 Å². The standard InChI is InChI=1S/C31H35ClN12O12S2/c1-13-10-43(37-9-8-36-40-28(54)35-7-6-34-21(47)14-4-5-16(45)20(46)17(14)32)29(55)44(13)31(26(52)53)12-42-23(49)19(24(42)58-31)39-22(48)18(15-11-57-27(33)38-15)41-56-30(2,3)25(50)51/h4-5,8-9,11,13,19,24,45-46H,6-7,10,12H2,1-3H3,(H2,33,38)(H,34,47)(H,39,48)(H,50,51)(H,52,53)(H2,35,40,54)/b36-8+,37-9+,41-18-/t13-,19+,24+,31+/m0/s1. The van der Waals surface area contributed by atoms with Crippen LogP contribution in [0, 0.1) is 0 Å². The lowest BCUT2D eigenvalue weighted by Crippen LogP contribution is -2.68. The number of aliphatic carboxylic acids is 2. The number of fused-ring (bicyclic) bond motifs is 1. The van der Waals surface area contributed by atoms with Gasteiger partial charge in [0.1, 0.15) is 17.1 Å². The van der Waals surface area contributed by atoms with Crippen LogP contribution in [0.4, 0.5) is 14.7 Å². The molecular weight excluding hydrogens is 832 g/mol. The summed E-state index contributed by atoms with van der Waals surface area (Å²) in [5.74, 6) is -6.26. The summed E-state index contributed by atoms with van der Waals surface area (Å²) < 4.78 is 0. The number of nitrogens with two attached hydrogens (primary N) is 1. The number of nitrogens with one attached hydrogen (secondary N) is 4. The van der Waals surface area contributed by atoms with Gasteiger partial charge in [-0.2, -0.15) is 10.2 Å². The number of phenolic OH excluding ortho intramolecular Hbond substituents is 2. The van der Waals surface area contributed by atoms with Crippen LogP contribution in [0.25, 0.3) is 0 Å². The average molecular weight is 867 g/mol. The number of carbonyl (C=O) groups excluding carboxylic acids is 5. The van der Waals surface area contributed by atoms with Gasteiger partial charge in [-0.1, -0.05) is 28.5 Å². The lowest BCUT2D eigenvalue weighted by atomic mass is 10.0. The normalized spacial score (nSPS) is 21.9. The molecular formula is C31H35ClN12O12S2. The van der Waals surface area contributed by atoms with Gasteiger partial charge in [-0.3, -0.25) is 19.3 Å². The first-order chi connectivity index (χ1) is 27.3. The number of halogens is 1. The van der Waals surface area contributed by atoms with Crippen LogP contribution < -0.4 is 27.1 Å². The molecule has 58 heavy (non-hydrogen) atoms. The van der Waals surface area contributed by atoms with E-state index in [-0.39, 0.29) is 41.0 Å². The van der Waals surface area contributed by atoms with Crippen molar-refractivity contribution in [3.05, 3.63) is 33.8 Å². The number of β-lactam (4-membered cyclic amide) rings is 1. The van der Waals surface area contributed by atoms with E-state index >= 15 is 0 Å². The van der Waals surface area contributed by atoms with E-state index in [1.165, 1.54) is 30.2 Å². The number of oxime groups is 1. The Hall–Kier alpha value is -6.41. The number of hydrogen-bond donors (Lipinski definition) is 9. The fraction of sp³-hybridized carbons (Fsp3) is 0.387. The lowest BCUT2D eigenvalue weighted by molar-refractivity contribution is -0.161. The highest BCUT2D eigenvalue weighted by Crippen LogP contribution is 2.50. The zero-order chi connectivity index (χ0) is 42.7. The molecule has 5 rings (SSSR count). The number of thioether (sulfide) groups is 1. The van der Waals surface area contributed by atoms with Gasteiger partial charge in [-0.05, 0) is 32.9 Å². The van der Waals surface area contributed by atoms with Crippen molar-refractivity contribution >= 4 is 99.7 Å². The van der Waals surface area contributed by atoms with Gasteiger partial charge in [0.2, 0.25) is 16.4 Å². The first-order valence-electron chi connectivity index (χ1n) is 16.7. The Bertz CT molecular complexity index is 2130. The molecule has 3 aliphatic heterocycles. The second-order valence-corrected chi connectivity index (χ2v) is 15.6. The maximum absolute atomic E-state index is 13.6. The molecule has 0 bridgehead atoms. The molecule has 310 valence electrons. The van der Waals surface area contributed by atoms with Gasteiger partial charge < -0.3 is 51.8 Å². The van der Waals surface area contributed by atoms with Crippen LogP contribution in [0.1, 0.15) is 36.8 Å². The summed E-state index contributed by atoms with van der Waals surface area (Å²) >= 11 is 7.59. The molecule has 3 fully saturated rings. The molecule has 0 saturated carbocycles. The quantitative estimate of drug-likeness (QED) is 0.0354. The number of carbonyl (C=O) groups is 7. The largest absolute Gasteiger partial charge is 0.504 e. The number of hydrogen-bond acceptors (Lipinski definition) is 17. The van der Waals surface area contributed by atoms with Crippen LogP contribution >= 0.6 is 34.7 Å². The van der Waals surface area contributed by atoms with Crippen LogP contribution in [-0.4, -0.2) is 154 Å². The Labute approximate surface area is 340 Å². The smallest absolute Gasteiger partial charge is 0.350 e. The molecule has 0 aliphatic carbocycles. The predicted octanol–water partition coefficient (Wildman–Crippen LogP) is -0.618. The zero-order valence-electron chi connectivity index (χ0n) is 30.4. The Morgan fingerprint density at radius 3 is 2.50 bits per heavy atom. The molecule has 7 amide bonds. The van der Waals surface area contributed by atoms with Crippen molar-refractivity contribution in [1.29, 1.82) is 0 Å². The highest BCUT2D eigenvalue weighted by Gasteiger charge is 2.67. The molecule has 24 nitrogen and oxygen atoms in total. The van der Waals surface area contributed by atoms with Gasteiger partial charge in [0, 0.05) is 18.5 Å². The van der Waals surface area contributed by atoms with Crippen molar-refractivity contribution in [3.63, 3.8) is 0 Å². The number of anilines is 1. The summed E-state index contributed by atoms with van der Waals surface area (Å²) in [4.78, 5) is 98.3. The summed E-state index contributed by atoms with van der Waals surface area (Å²) in [5, 5.41) is 58.9. The second-order valence-electron chi connectivity index (χ2n) is 13.0. The third kappa shape index (κ3) is 8.61. The number of carboxylic acids is 2. The average Bonchev–Trinajstić information content (AvgIpc) is 3.84. The van der Waals surface area contributed by atoms with Gasteiger partial charge in [0.05, 0.1) is 42.1 Å². The topological polar surface area (TPSA) is 343 Å². The van der Waals surface area contributed by atoms with Crippen LogP contribution in [0.3, 0.4) is 0 Å². The zero-order valence-corrected chi connectivity index (χ0v) is 32.8. The number of urea groups is 2. The maximum atomic E-state index is 13.6. The Kier molecular flexibility index (Phi) is 12.5. The number of rotatable bonds is 15. The molecule has 1 aromatic heterocycles. The first kappa shape index (κ1) is 42.7. The first-order valence-corrected chi connectivity index (χ1v) is 18.8. The van der Waals surface area contributed by atoms with E-state index in [1.807, 2.05) is 0 Å². The second kappa shape index (κ2) is 17.0. The Morgan fingerprint density at radius 2 is 1.84 bits per heavy atom. The van der Waals surface area contributed by atoms with E-state index in [0.29, 0.717) is 0 Å². The summed E-state index contributed by atoms with van der Waals surface area (Å²) in [7, 11) is 0. The van der Waals surface area contributed by atoms with Crippen LogP contribution in [0.5, 0.6) is 11.5 Å². The van der Waals surface area contributed by atoms with E-state index in [2.05, 4.69) is 41.7 Å². The van der Waals surface area contributed by atoms with E-state index in [1.54, 1.807) is 6.92 Å². The molecule has 1 aromatic carbocycles. The fourth-order valence-corrected chi connectivity index (χ4v) is 8.08. The molecule has 2 aromatic rings. The molecule has 0 unspecified atom stereocenters. The SMILES string of the molecule is C[C@H]1CN(/N=C/C=N/NC(=O)NCCNC(=O)c2ccc(O)c(O)c2Cl)C(=O)N1[C@]1(C(=O)O)CN2C(=O)[C@@H](NC(=O)/C(=N\OC(C)(C)C(=O)O)c3csc(N)n3)[C@H]2S1. The molecule has 3 saturated heterocycles. The van der Waals surface area contributed by atoms with E-state index < -0.39 is 93.4 Å². The highest BCUT2D eigenvalue weighted by molar-refractivity contribution is 8.02. The van der Waals surface area contributed by atoms with E-state index in [4.69, 9.17) is 22.2 Å². The monoisotopic (exact) mass is 866 g/mol. The van der Waals surface area contributed by atoms with Gasteiger partial charge in [0.25, 0.3) is 11.8 Å². The third-order valence-corrected chi connectivity index (χ3v) is 11.3. The lowest BCUT2D eigenvalue weighted by Gasteiger charge is -2.41. The predicted molar refractivity (Wildman–Crippen MR) is 205 cm³/mol. The van der Waals surface area contributed by atoms with E-state index in [9.17, 15) is 54.0 Å². The van der Waals surface area contributed by atoms with E-state index in [0.717, 1.165) is 51.5 Å². The number of nitrogen functional groups attached to an aromatic ring is 1. The number of phenols is 2. The number of hydrazone groups is 2. The minimum Gasteiger partial charge on any atom is -0.504 e. The maximum Gasteiger partial charge on any atom is 0.350 e. The fourth-order valence-electron chi connectivity index (χ4n) is 5.57. The molecule has 3 aliphatic rings. The third-order valence-electron chi connectivity index (χ3n) is 8.57.